The maximum atomic E-state index is 12.7. The third-order valence-electron chi connectivity index (χ3n) is 5.46. The third kappa shape index (κ3) is 8.27. The van der Waals surface area contributed by atoms with Crippen LogP contribution >= 0.6 is 11.6 Å². The van der Waals surface area contributed by atoms with E-state index >= 15 is 0 Å². The average molecular weight is 555 g/mol. The Morgan fingerprint density at radius 1 is 0.923 bits per heavy atom. The number of carboxylic acid groups (broad SMARTS) is 1. The molecule has 13 heteroatoms. The van der Waals surface area contributed by atoms with Crippen molar-refractivity contribution in [2.24, 2.45) is 0 Å². The van der Waals surface area contributed by atoms with Crippen LogP contribution in [0.15, 0.2) is 66.7 Å². The van der Waals surface area contributed by atoms with Crippen molar-refractivity contribution < 1.29 is 34.3 Å². The molecule has 12 nitrogen and oxygen atoms in total. The zero-order chi connectivity index (χ0) is 28.5. The lowest BCUT2D eigenvalue weighted by Gasteiger charge is -2.16. The Morgan fingerprint density at radius 2 is 1.64 bits per heavy atom. The summed E-state index contributed by atoms with van der Waals surface area (Å²) >= 11 is 6.18. The van der Waals surface area contributed by atoms with E-state index in [0.717, 1.165) is 0 Å². The highest BCUT2D eigenvalue weighted by atomic mass is 35.5. The molecular formula is C26H23ClN4O8. The molecule has 0 fully saturated rings. The van der Waals surface area contributed by atoms with E-state index in [4.69, 9.17) is 11.6 Å². The number of nitro groups is 1. The quantitative estimate of drug-likeness (QED) is 0.176. The molecule has 0 bridgehead atoms. The molecule has 3 amide bonds. The van der Waals surface area contributed by atoms with Crippen molar-refractivity contribution in [2.45, 2.75) is 19.0 Å². The summed E-state index contributed by atoms with van der Waals surface area (Å²) in [6, 6.07) is 14.1. The van der Waals surface area contributed by atoms with Gasteiger partial charge in [-0.3, -0.25) is 24.5 Å². The number of hydrogen-bond acceptors (Lipinski definition) is 7. The molecule has 0 heterocycles. The predicted octanol–water partition coefficient (Wildman–Crippen LogP) is 2.43. The number of halogens is 1. The van der Waals surface area contributed by atoms with Gasteiger partial charge in [-0.05, 0) is 41.5 Å². The highest BCUT2D eigenvalue weighted by molar-refractivity contribution is 6.34. The van der Waals surface area contributed by atoms with Crippen LogP contribution in [0.3, 0.4) is 0 Å². The molecule has 3 aromatic carbocycles. The number of aliphatic carboxylic acids is 1. The van der Waals surface area contributed by atoms with Crippen molar-refractivity contribution in [1.29, 1.82) is 0 Å². The second-order valence-electron chi connectivity index (χ2n) is 8.32. The van der Waals surface area contributed by atoms with Gasteiger partial charge in [0.25, 0.3) is 17.5 Å². The number of nitro benzene ring substituents is 1. The molecule has 0 saturated carbocycles. The zero-order valence-corrected chi connectivity index (χ0v) is 21.0. The van der Waals surface area contributed by atoms with Gasteiger partial charge in [0.15, 0.2) is 0 Å². The van der Waals surface area contributed by atoms with Gasteiger partial charge in [-0.2, -0.15) is 0 Å². The molecule has 0 radical (unpaired) electrons. The second-order valence-corrected chi connectivity index (χ2v) is 8.72. The fourth-order valence-corrected chi connectivity index (χ4v) is 3.69. The number of hydrogen-bond donors (Lipinski definition) is 5. The van der Waals surface area contributed by atoms with Crippen LogP contribution in [0.5, 0.6) is 5.75 Å². The van der Waals surface area contributed by atoms with Crippen molar-refractivity contribution in [1.82, 2.24) is 16.0 Å². The molecule has 0 aromatic heterocycles. The number of nitrogens with one attached hydrogen (secondary N) is 3. The number of aromatic hydroxyl groups is 1. The summed E-state index contributed by atoms with van der Waals surface area (Å²) in [7, 11) is 0. The minimum Gasteiger partial charge on any atom is -0.508 e. The summed E-state index contributed by atoms with van der Waals surface area (Å²) in [6.45, 7) is -0.288. The van der Waals surface area contributed by atoms with E-state index in [1.807, 2.05) is 0 Å². The first-order valence-corrected chi connectivity index (χ1v) is 11.8. The highest BCUT2D eigenvalue weighted by Crippen LogP contribution is 2.19. The number of carbonyl (C=O) groups excluding carboxylic acids is 3. The van der Waals surface area contributed by atoms with E-state index in [-0.39, 0.29) is 40.6 Å². The fourth-order valence-electron chi connectivity index (χ4n) is 3.43. The van der Waals surface area contributed by atoms with Crippen molar-refractivity contribution in [3.8, 4) is 5.75 Å². The lowest BCUT2D eigenvalue weighted by Crippen LogP contribution is -2.48. The standard InChI is InChI=1S/C26H23ClN4O8/c27-21-12-17(24(34)29-13-16-2-1-3-19(32)10-16)6-9-20(21)25(35)30-22(26(36)37)14-28-23(33)11-15-4-7-18(8-5-15)31(38)39/h1-10,12,22,32H,11,13-14H2,(H,28,33)(H,29,34)(H,30,35)(H,36,37)/t22-/m0/s1. The number of amides is 3. The summed E-state index contributed by atoms with van der Waals surface area (Å²) in [4.78, 5) is 59.1. The van der Waals surface area contributed by atoms with Gasteiger partial charge in [-0.1, -0.05) is 35.9 Å². The summed E-state index contributed by atoms with van der Waals surface area (Å²) in [5.41, 5.74) is 1.10. The Morgan fingerprint density at radius 3 is 2.26 bits per heavy atom. The molecule has 39 heavy (non-hydrogen) atoms. The van der Waals surface area contributed by atoms with Crippen LogP contribution in [0.1, 0.15) is 31.8 Å². The Labute approximate surface area is 226 Å². The molecular weight excluding hydrogens is 532 g/mol. The number of phenols is 1. The Hall–Kier alpha value is -4.97. The zero-order valence-electron chi connectivity index (χ0n) is 20.2. The van der Waals surface area contributed by atoms with E-state index in [9.17, 15) is 39.5 Å². The first kappa shape index (κ1) is 28.6. The van der Waals surface area contributed by atoms with Gasteiger partial charge in [0.2, 0.25) is 5.91 Å². The Bertz CT molecular complexity index is 1410. The number of nitrogens with zero attached hydrogens (tertiary/aromatic N) is 1. The minimum absolute atomic E-state index is 0.0591. The Balaban J connectivity index is 1.56. The van der Waals surface area contributed by atoms with Gasteiger partial charge in [-0.15, -0.1) is 0 Å². The van der Waals surface area contributed by atoms with Gasteiger partial charge in [0, 0.05) is 30.8 Å². The number of benzene rings is 3. The molecule has 0 saturated heterocycles. The smallest absolute Gasteiger partial charge is 0.328 e. The van der Waals surface area contributed by atoms with Gasteiger partial charge < -0.3 is 26.2 Å². The molecule has 3 aromatic rings. The number of phenolic OH excluding ortho intramolecular Hbond substituents is 1. The van der Waals surface area contributed by atoms with Crippen LogP contribution in [0.25, 0.3) is 0 Å². The van der Waals surface area contributed by atoms with Crippen LogP contribution in [-0.2, 0) is 22.6 Å². The van der Waals surface area contributed by atoms with E-state index < -0.39 is 41.2 Å². The molecule has 202 valence electrons. The van der Waals surface area contributed by atoms with E-state index in [0.29, 0.717) is 11.1 Å². The topological polar surface area (TPSA) is 188 Å². The molecule has 0 aliphatic heterocycles. The largest absolute Gasteiger partial charge is 0.508 e. The van der Waals surface area contributed by atoms with Crippen molar-refractivity contribution in [3.05, 3.63) is 104 Å². The monoisotopic (exact) mass is 554 g/mol. The van der Waals surface area contributed by atoms with E-state index in [2.05, 4.69) is 16.0 Å². The maximum Gasteiger partial charge on any atom is 0.328 e. The van der Waals surface area contributed by atoms with Gasteiger partial charge in [-0.25, -0.2) is 4.79 Å². The molecule has 0 spiro atoms. The third-order valence-corrected chi connectivity index (χ3v) is 5.77. The molecule has 3 rings (SSSR count). The Kier molecular flexibility index (Phi) is 9.54. The summed E-state index contributed by atoms with van der Waals surface area (Å²) in [5, 5.41) is 37.0. The molecule has 0 aliphatic carbocycles. The molecule has 1 atom stereocenters. The average Bonchev–Trinajstić information content (AvgIpc) is 2.89. The van der Waals surface area contributed by atoms with Crippen LogP contribution in [0, 0.1) is 10.1 Å². The van der Waals surface area contributed by atoms with Gasteiger partial charge in [0.1, 0.15) is 11.8 Å². The van der Waals surface area contributed by atoms with E-state index in [1.54, 1.807) is 12.1 Å². The van der Waals surface area contributed by atoms with Crippen molar-refractivity contribution in [2.75, 3.05) is 6.54 Å². The number of rotatable bonds is 11. The molecule has 5 N–H and O–H groups in total. The van der Waals surface area contributed by atoms with Gasteiger partial charge >= 0.3 is 5.97 Å². The maximum absolute atomic E-state index is 12.7. The van der Waals surface area contributed by atoms with Gasteiger partial charge in [0.05, 0.1) is 21.9 Å². The van der Waals surface area contributed by atoms with Crippen molar-refractivity contribution in [3.63, 3.8) is 0 Å². The first-order chi connectivity index (χ1) is 18.5. The highest BCUT2D eigenvalue weighted by Gasteiger charge is 2.23. The summed E-state index contributed by atoms with van der Waals surface area (Å²) in [5.74, 6) is -3.21. The fraction of sp³-hybridized carbons (Fsp3) is 0.154. The van der Waals surface area contributed by atoms with Crippen LogP contribution in [0.4, 0.5) is 5.69 Å². The lowest BCUT2D eigenvalue weighted by atomic mass is 10.1. The van der Waals surface area contributed by atoms with Crippen molar-refractivity contribution >= 4 is 41.0 Å². The number of carbonyl (C=O) groups is 4. The second kappa shape index (κ2) is 13.0. The lowest BCUT2D eigenvalue weighted by molar-refractivity contribution is -0.384. The van der Waals surface area contributed by atoms with E-state index in [1.165, 1.54) is 54.6 Å². The SMILES string of the molecule is O=C(Cc1ccc([N+](=O)[O-])cc1)NC[C@H](NC(=O)c1ccc(C(=O)NCc2cccc(O)c2)cc1Cl)C(=O)O. The van der Waals surface area contributed by atoms with Crippen LogP contribution in [0.2, 0.25) is 5.02 Å². The molecule has 0 unspecified atom stereocenters. The first-order valence-electron chi connectivity index (χ1n) is 11.4. The number of non-ortho nitro benzene ring substituents is 1. The number of carboxylic acids is 1. The summed E-state index contributed by atoms with van der Waals surface area (Å²) < 4.78 is 0. The summed E-state index contributed by atoms with van der Waals surface area (Å²) in [6.07, 6.45) is -0.154. The van der Waals surface area contributed by atoms with Crippen LogP contribution < -0.4 is 16.0 Å². The normalized spacial score (nSPS) is 11.2. The predicted molar refractivity (Wildman–Crippen MR) is 139 cm³/mol. The van der Waals surface area contributed by atoms with Crippen LogP contribution in [-0.4, -0.2) is 51.4 Å². The minimum atomic E-state index is -1.49. The molecule has 0 aliphatic rings.